The van der Waals surface area contributed by atoms with Gasteiger partial charge in [-0.05, 0) is 30.7 Å². The van der Waals surface area contributed by atoms with Crippen molar-refractivity contribution in [3.05, 3.63) is 35.4 Å². The number of nitrogens with zero attached hydrogens (tertiary/aromatic N) is 2. The molecule has 1 aromatic carbocycles. The monoisotopic (exact) mass is 326 g/mol. The molecule has 0 saturated carbocycles. The lowest BCUT2D eigenvalue weighted by Crippen LogP contribution is -2.55. The van der Waals surface area contributed by atoms with Gasteiger partial charge in [-0.25, -0.2) is 13.6 Å². The third kappa shape index (κ3) is 4.25. The van der Waals surface area contributed by atoms with Crippen molar-refractivity contribution in [3.8, 4) is 0 Å². The number of hydrogen-bond donors (Lipinski definition) is 1. The number of benzene rings is 1. The molecule has 0 spiro atoms. The zero-order chi connectivity index (χ0) is 17.0. The molecule has 1 aliphatic heterocycles. The summed E-state index contributed by atoms with van der Waals surface area (Å²) in [7, 11) is 0. The minimum absolute atomic E-state index is 0.0833. The first-order valence-electron chi connectivity index (χ1n) is 7.57. The molecule has 126 valence electrons. The van der Waals surface area contributed by atoms with Gasteiger partial charge in [-0.2, -0.15) is 0 Å². The number of carbonyl (C=O) groups excluding carboxylic acids is 1. The third-order valence-corrected chi connectivity index (χ3v) is 4.11. The number of carboxylic acids is 1. The fraction of sp³-hybridized carbons (Fsp3) is 0.500. The summed E-state index contributed by atoms with van der Waals surface area (Å²) < 4.78 is 25.2. The molecular formula is C16H20F2N2O3. The van der Waals surface area contributed by atoms with E-state index in [1.54, 1.807) is 9.80 Å². The van der Waals surface area contributed by atoms with E-state index in [1.165, 1.54) is 24.3 Å². The topological polar surface area (TPSA) is 60.9 Å². The number of piperazine rings is 1. The van der Waals surface area contributed by atoms with Gasteiger partial charge in [0.05, 0.1) is 12.1 Å². The van der Waals surface area contributed by atoms with Gasteiger partial charge >= 0.3 is 5.97 Å². The lowest BCUT2D eigenvalue weighted by atomic mass is 10.1. The molecule has 0 radical (unpaired) electrons. The molecule has 1 N–H and O–H groups in total. The average Bonchev–Trinajstić information content (AvgIpc) is 2.54. The summed E-state index contributed by atoms with van der Waals surface area (Å²) in [6.45, 7) is 2.86. The lowest BCUT2D eigenvalue weighted by Gasteiger charge is -2.41. The number of amides is 1. The molecule has 1 heterocycles. The summed E-state index contributed by atoms with van der Waals surface area (Å²) in [4.78, 5) is 26.7. The van der Waals surface area contributed by atoms with E-state index < -0.39 is 12.4 Å². The van der Waals surface area contributed by atoms with Crippen LogP contribution in [-0.4, -0.2) is 65.4 Å². The van der Waals surface area contributed by atoms with E-state index in [4.69, 9.17) is 5.11 Å². The van der Waals surface area contributed by atoms with Crippen LogP contribution in [0.5, 0.6) is 0 Å². The molecule has 1 amide bonds. The Balaban J connectivity index is 2.04. The number of halogens is 2. The van der Waals surface area contributed by atoms with Gasteiger partial charge in [-0.1, -0.05) is 6.92 Å². The highest BCUT2D eigenvalue weighted by molar-refractivity contribution is 5.96. The second kappa shape index (κ2) is 7.50. The maximum Gasteiger partial charge on any atom is 0.335 e. The van der Waals surface area contributed by atoms with Crippen LogP contribution in [0.2, 0.25) is 0 Å². The first kappa shape index (κ1) is 17.3. The molecule has 7 heteroatoms. The Labute approximate surface area is 133 Å². The maximum absolute atomic E-state index is 12.6. The van der Waals surface area contributed by atoms with Crippen molar-refractivity contribution in [1.29, 1.82) is 0 Å². The number of hydrogen-bond acceptors (Lipinski definition) is 3. The van der Waals surface area contributed by atoms with Crippen LogP contribution >= 0.6 is 0 Å². The van der Waals surface area contributed by atoms with Crippen molar-refractivity contribution in [1.82, 2.24) is 9.80 Å². The van der Waals surface area contributed by atoms with Gasteiger partial charge < -0.3 is 10.0 Å². The molecule has 1 aromatic rings. The van der Waals surface area contributed by atoms with Crippen LogP contribution in [0, 0.1) is 0 Å². The summed E-state index contributed by atoms with van der Waals surface area (Å²) in [6, 6.07) is 5.66. The molecule has 0 aromatic heterocycles. The highest BCUT2D eigenvalue weighted by atomic mass is 19.3. The summed E-state index contributed by atoms with van der Waals surface area (Å²) in [5.74, 6) is -1.24. The largest absolute Gasteiger partial charge is 0.478 e. The van der Waals surface area contributed by atoms with E-state index in [-0.39, 0.29) is 24.1 Å². The van der Waals surface area contributed by atoms with Crippen LogP contribution in [-0.2, 0) is 0 Å². The highest BCUT2D eigenvalue weighted by Gasteiger charge is 2.30. The molecule has 1 aliphatic rings. The quantitative estimate of drug-likeness (QED) is 0.901. The molecule has 1 fully saturated rings. The van der Waals surface area contributed by atoms with Gasteiger partial charge in [-0.3, -0.25) is 9.69 Å². The first-order valence-corrected chi connectivity index (χ1v) is 7.57. The van der Waals surface area contributed by atoms with Gasteiger partial charge in [0.25, 0.3) is 12.3 Å². The van der Waals surface area contributed by atoms with Crippen LogP contribution in [0.3, 0.4) is 0 Å². The van der Waals surface area contributed by atoms with Gasteiger partial charge in [0, 0.05) is 31.2 Å². The summed E-state index contributed by atoms with van der Waals surface area (Å²) in [6.07, 6.45) is -1.69. The lowest BCUT2D eigenvalue weighted by molar-refractivity contribution is 0.0186. The van der Waals surface area contributed by atoms with Crippen molar-refractivity contribution in [3.63, 3.8) is 0 Å². The molecule has 0 bridgehead atoms. The summed E-state index contributed by atoms with van der Waals surface area (Å²) >= 11 is 0. The van der Waals surface area contributed by atoms with E-state index in [1.807, 2.05) is 6.92 Å². The van der Waals surface area contributed by atoms with Crippen LogP contribution in [0.4, 0.5) is 8.78 Å². The maximum atomic E-state index is 12.6. The second-order valence-corrected chi connectivity index (χ2v) is 5.58. The Kier molecular flexibility index (Phi) is 5.65. The van der Waals surface area contributed by atoms with E-state index in [2.05, 4.69) is 0 Å². The zero-order valence-electron chi connectivity index (χ0n) is 12.9. The highest BCUT2D eigenvalue weighted by Crippen LogP contribution is 2.17. The molecule has 1 unspecified atom stereocenters. The molecule has 23 heavy (non-hydrogen) atoms. The van der Waals surface area contributed by atoms with Gasteiger partial charge in [0.2, 0.25) is 0 Å². The Morgan fingerprint density at radius 3 is 2.35 bits per heavy atom. The predicted octanol–water partition coefficient (Wildman–Crippen LogP) is 2.19. The molecule has 2 rings (SSSR count). The Morgan fingerprint density at radius 1 is 1.22 bits per heavy atom. The fourth-order valence-corrected chi connectivity index (χ4v) is 2.82. The molecule has 0 aliphatic carbocycles. The van der Waals surface area contributed by atoms with E-state index in [0.29, 0.717) is 31.6 Å². The van der Waals surface area contributed by atoms with Crippen molar-refractivity contribution in [2.75, 3.05) is 26.2 Å². The smallest absolute Gasteiger partial charge is 0.335 e. The van der Waals surface area contributed by atoms with Gasteiger partial charge in [0.1, 0.15) is 0 Å². The Bertz CT molecular complexity index is 563. The SMILES string of the molecule is CCC1CN(C(=O)c2ccc(C(=O)O)cc2)CCN1CC(F)F. The minimum Gasteiger partial charge on any atom is -0.478 e. The molecule has 1 saturated heterocycles. The van der Waals surface area contributed by atoms with E-state index >= 15 is 0 Å². The van der Waals surface area contributed by atoms with Crippen molar-refractivity contribution in [2.24, 2.45) is 0 Å². The van der Waals surface area contributed by atoms with Gasteiger partial charge in [0.15, 0.2) is 0 Å². The van der Waals surface area contributed by atoms with Crippen LogP contribution in [0.25, 0.3) is 0 Å². The fourth-order valence-electron chi connectivity index (χ4n) is 2.82. The first-order chi connectivity index (χ1) is 10.9. The Morgan fingerprint density at radius 2 is 1.83 bits per heavy atom. The van der Waals surface area contributed by atoms with Crippen molar-refractivity contribution in [2.45, 2.75) is 25.8 Å². The number of aromatic carboxylic acids is 1. The number of carboxylic acid groups (broad SMARTS) is 1. The standard InChI is InChI=1S/C16H20F2N2O3/c1-2-13-9-20(8-7-19(13)10-14(17)18)15(21)11-3-5-12(6-4-11)16(22)23/h3-6,13-14H,2,7-10H2,1H3,(H,22,23). The van der Waals surface area contributed by atoms with Gasteiger partial charge in [-0.15, -0.1) is 0 Å². The molecular weight excluding hydrogens is 306 g/mol. The third-order valence-electron chi connectivity index (χ3n) is 4.11. The number of rotatable bonds is 5. The van der Waals surface area contributed by atoms with Crippen LogP contribution < -0.4 is 0 Å². The van der Waals surface area contributed by atoms with E-state index in [9.17, 15) is 18.4 Å². The van der Waals surface area contributed by atoms with E-state index in [0.717, 1.165) is 0 Å². The average molecular weight is 326 g/mol. The zero-order valence-corrected chi connectivity index (χ0v) is 12.9. The predicted molar refractivity (Wildman–Crippen MR) is 81.0 cm³/mol. The van der Waals surface area contributed by atoms with Crippen molar-refractivity contribution >= 4 is 11.9 Å². The Hall–Kier alpha value is -2.02. The van der Waals surface area contributed by atoms with Crippen LogP contribution in [0.15, 0.2) is 24.3 Å². The van der Waals surface area contributed by atoms with Crippen molar-refractivity contribution < 1.29 is 23.5 Å². The summed E-state index contributed by atoms with van der Waals surface area (Å²) in [5.41, 5.74) is 0.530. The second-order valence-electron chi connectivity index (χ2n) is 5.58. The number of alkyl halides is 2. The number of carbonyl (C=O) groups is 2. The minimum atomic E-state index is -2.38. The molecule has 1 atom stereocenters. The summed E-state index contributed by atoms with van der Waals surface area (Å²) in [5, 5.41) is 8.87. The van der Waals surface area contributed by atoms with Crippen LogP contribution in [0.1, 0.15) is 34.1 Å². The normalized spacial score (nSPS) is 19.1. The molecule has 5 nitrogen and oxygen atoms in total.